The molecule has 0 aliphatic carbocycles. The van der Waals surface area contributed by atoms with Crippen molar-refractivity contribution in [3.8, 4) is 0 Å². The molecule has 0 saturated carbocycles. The smallest absolute Gasteiger partial charge is 0.261 e. The molecule has 0 unspecified atom stereocenters. The summed E-state index contributed by atoms with van der Waals surface area (Å²) in [6, 6.07) is 17.9. The fraction of sp³-hybridized carbons (Fsp3) is 0.227. The first-order chi connectivity index (χ1) is 13.7. The first-order valence-electron chi connectivity index (χ1n) is 9.35. The van der Waals surface area contributed by atoms with Gasteiger partial charge in [0.25, 0.3) is 5.56 Å². The van der Waals surface area contributed by atoms with E-state index in [0.717, 1.165) is 29.3 Å². The van der Waals surface area contributed by atoms with Crippen LogP contribution in [0.5, 0.6) is 0 Å². The number of hydrogen-bond acceptors (Lipinski definition) is 4. The van der Waals surface area contributed by atoms with Crippen LogP contribution in [0.3, 0.4) is 0 Å². The van der Waals surface area contributed by atoms with E-state index in [4.69, 9.17) is 4.98 Å². The molecular weight excluding hydrogens is 368 g/mol. The number of aryl methyl sites for hydroxylation is 2. The van der Waals surface area contributed by atoms with E-state index >= 15 is 0 Å². The molecule has 0 aliphatic rings. The number of aromatic nitrogens is 4. The van der Waals surface area contributed by atoms with Crippen molar-refractivity contribution in [2.75, 3.05) is 0 Å². The third-order valence-electron chi connectivity index (χ3n) is 4.74. The van der Waals surface area contributed by atoms with Gasteiger partial charge in [-0.1, -0.05) is 54.2 Å². The molecule has 0 amide bonds. The highest BCUT2D eigenvalue weighted by Gasteiger charge is 2.12. The molecule has 6 heteroatoms. The van der Waals surface area contributed by atoms with Gasteiger partial charge in [0.05, 0.1) is 16.7 Å². The summed E-state index contributed by atoms with van der Waals surface area (Å²) in [5.74, 6) is 1.40. The number of thioether (sulfide) groups is 1. The van der Waals surface area contributed by atoms with Crippen molar-refractivity contribution >= 4 is 22.7 Å². The Morgan fingerprint density at radius 3 is 2.61 bits per heavy atom. The Labute approximate surface area is 168 Å². The highest BCUT2D eigenvalue weighted by Crippen LogP contribution is 2.20. The zero-order chi connectivity index (χ0) is 19.3. The normalized spacial score (nSPS) is 11.2. The standard InChI is InChI=1S/C22H22N4OS/c1-25-15-13-23-22(25)28-16-20-24-19-12-6-5-11-18(19)21(27)26(20)14-7-10-17-8-3-2-4-9-17/h2-6,8-9,11-13,15H,7,10,14,16H2,1H3. The molecule has 0 saturated heterocycles. The summed E-state index contributed by atoms with van der Waals surface area (Å²) in [7, 11) is 1.97. The highest BCUT2D eigenvalue weighted by atomic mass is 32.2. The fourth-order valence-electron chi connectivity index (χ4n) is 3.26. The molecule has 4 rings (SSSR count). The minimum Gasteiger partial charge on any atom is -0.329 e. The van der Waals surface area contributed by atoms with Crippen molar-refractivity contribution in [1.82, 2.24) is 19.1 Å². The minimum atomic E-state index is 0.0362. The minimum absolute atomic E-state index is 0.0362. The maximum Gasteiger partial charge on any atom is 0.261 e. The van der Waals surface area contributed by atoms with Gasteiger partial charge in [-0.15, -0.1) is 0 Å². The summed E-state index contributed by atoms with van der Waals surface area (Å²) >= 11 is 1.60. The molecule has 2 aromatic carbocycles. The van der Waals surface area contributed by atoms with Gasteiger partial charge in [-0.05, 0) is 30.5 Å². The second-order valence-electron chi connectivity index (χ2n) is 6.70. The Hall–Kier alpha value is -2.86. The van der Waals surface area contributed by atoms with Gasteiger partial charge in [0.1, 0.15) is 5.82 Å². The molecule has 0 spiro atoms. The van der Waals surface area contributed by atoms with Crippen molar-refractivity contribution < 1.29 is 0 Å². The number of para-hydroxylation sites is 1. The lowest BCUT2D eigenvalue weighted by molar-refractivity contribution is 0.596. The van der Waals surface area contributed by atoms with E-state index in [1.807, 2.05) is 64.8 Å². The van der Waals surface area contributed by atoms with Crippen molar-refractivity contribution in [1.29, 1.82) is 0 Å². The maximum absolute atomic E-state index is 13.1. The van der Waals surface area contributed by atoms with Gasteiger partial charge in [-0.25, -0.2) is 9.97 Å². The molecule has 2 heterocycles. The molecular formula is C22H22N4OS. The summed E-state index contributed by atoms with van der Waals surface area (Å²) in [6.45, 7) is 0.655. The van der Waals surface area contributed by atoms with Crippen LogP contribution in [0.4, 0.5) is 0 Å². The average Bonchev–Trinajstić information content (AvgIpc) is 3.14. The van der Waals surface area contributed by atoms with E-state index in [1.165, 1.54) is 5.56 Å². The van der Waals surface area contributed by atoms with E-state index in [-0.39, 0.29) is 5.56 Å². The number of benzene rings is 2. The van der Waals surface area contributed by atoms with Gasteiger partial charge >= 0.3 is 0 Å². The fourth-order valence-corrected chi connectivity index (χ4v) is 4.14. The van der Waals surface area contributed by atoms with E-state index in [2.05, 4.69) is 17.1 Å². The summed E-state index contributed by atoms with van der Waals surface area (Å²) < 4.78 is 3.81. The zero-order valence-corrected chi connectivity index (χ0v) is 16.6. The van der Waals surface area contributed by atoms with Crippen LogP contribution in [0, 0.1) is 0 Å². The Bertz CT molecular complexity index is 1130. The van der Waals surface area contributed by atoms with E-state index in [9.17, 15) is 4.79 Å². The van der Waals surface area contributed by atoms with Gasteiger partial charge in [-0.3, -0.25) is 9.36 Å². The Morgan fingerprint density at radius 1 is 1.04 bits per heavy atom. The maximum atomic E-state index is 13.1. The highest BCUT2D eigenvalue weighted by molar-refractivity contribution is 7.98. The van der Waals surface area contributed by atoms with Gasteiger partial charge in [-0.2, -0.15) is 0 Å². The topological polar surface area (TPSA) is 52.7 Å². The van der Waals surface area contributed by atoms with E-state index in [1.54, 1.807) is 18.0 Å². The summed E-state index contributed by atoms with van der Waals surface area (Å²) in [6.07, 6.45) is 5.53. The lowest BCUT2D eigenvalue weighted by Crippen LogP contribution is -2.25. The zero-order valence-electron chi connectivity index (χ0n) is 15.8. The van der Waals surface area contributed by atoms with Crippen molar-refractivity contribution in [2.24, 2.45) is 7.05 Å². The third-order valence-corrected chi connectivity index (χ3v) is 5.79. The summed E-state index contributed by atoms with van der Waals surface area (Å²) in [5, 5.41) is 1.59. The van der Waals surface area contributed by atoms with Crippen LogP contribution in [-0.4, -0.2) is 19.1 Å². The van der Waals surface area contributed by atoms with E-state index < -0.39 is 0 Å². The van der Waals surface area contributed by atoms with Crippen molar-refractivity contribution in [2.45, 2.75) is 30.3 Å². The van der Waals surface area contributed by atoms with Crippen LogP contribution >= 0.6 is 11.8 Å². The second-order valence-corrected chi connectivity index (χ2v) is 7.64. The monoisotopic (exact) mass is 390 g/mol. The Morgan fingerprint density at radius 2 is 1.82 bits per heavy atom. The number of hydrogen-bond donors (Lipinski definition) is 0. The van der Waals surface area contributed by atoms with Gasteiger partial charge in [0, 0.05) is 26.0 Å². The molecule has 142 valence electrons. The molecule has 0 fully saturated rings. The molecule has 5 nitrogen and oxygen atoms in total. The number of imidazole rings is 1. The SMILES string of the molecule is Cn1ccnc1SCc1nc2ccccc2c(=O)n1CCCc1ccccc1. The van der Waals surface area contributed by atoms with E-state index in [0.29, 0.717) is 17.7 Å². The third kappa shape index (κ3) is 4.02. The van der Waals surface area contributed by atoms with Gasteiger partial charge in [0.15, 0.2) is 5.16 Å². The van der Waals surface area contributed by atoms with Crippen LogP contribution in [0.15, 0.2) is 76.9 Å². The molecule has 0 N–H and O–H groups in total. The van der Waals surface area contributed by atoms with Crippen LogP contribution in [0.2, 0.25) is 0 Å². The molecule has 4 aromatic rings. The van der Waals surface area contributed by atoms with Crippen LogP contribution in [0.1, 0.15) is 17.8 Å². The van der Waals surface area contributed by atoms with Crippen LogP contribution in [0.25, 0.3) is 10.9 Å². The predicted molar refractivity (Wildman–Crippen MR) is 114 cm³/mol. The Kier molecular flexibility index (Phi) is 5.58. The van der Waals surface area contributed by atoms with Crippen LogP contribution in [-0.2, 0) is 25.8 Å². The average molecular weight is 391 g/mol. The van der Waals surface area contributed by atoms with Gasteiger partial charge < -0.3 is 4.57 Å². The quantitative estimate of drug-likeness (QED) is 0.447. The molecule has 2 aromatic heterocycles. The number of rotatable bonds is 7. The first-order valence-corrected chi connectivity index (χ1v) is 10.3. The summed E-state index contributed by atoms with van der Waals surface area (Å²) in [5.41, 5.74) is 2.07. The lowest BCUT2D eigenvalue weighted by Gasteiger charge is -2.13. The Balaban J connectivity index is 1.61. The van der Waals surface area contributed by atoms with Crippen molar-refractivity contribution in [3.05, 3.63) is 88.7 Å². The number of fused-ring (bicyclic) bond motifs is 1. The number of nitrogens with zero attached hydrogens (tertiary/aromatic N) is 4. The predicted octanol–water partition coefficient (Wildman–Crippen LogP) is 4.06. The van der Waals surface area contributed by atoms with Crippen molar-refractivity contribution in [3.63, 3.8) is 0 Å². The second kappa shape index (κ2) is 8.44. The largest absolute Gasteiger partial charge is 0.329 e. The molecule has 0 atom stereocenters. The first kappa shape index (κ1) is 18.5. The summed E-state index contributed by atoms with van der Waals surface area (Å²) in [4.78, 5) is 22.3. The lowest BCUT2D eigenvalue weighted by atomic mass is 10.1. The molecule has 28 heavy (non-hydrogen) atoms. The van der Waals surface area contributed by atoms with Crippen LogP contribution < -0.4 is 5.56 Å². The molecule has 0 radical (unpaired) electrons. The molecule has 0 aliphatic heterocycles. The van der Waals surface area contributed by atoms with Gasteiger partial charge in [0.2, 0.25) is 0 Å². The molecule has 0 bridgehead atoms.